The van der Waals surface area contributed by atoms with Crippen molar-refractivity contribution >= 4 is 35.7 Å². The summed E-state index contributed by atoms with van der Waals surface area (Å²) in [5.41, 5.74) is 8.47. The van der Waals surface area contributed by atoms with Crippen molar-refractivity contribution in [1.29, 1.82) is 0 Å². The number of rotatable bonds is 13. The van der Waals surface area contributed by atoms with E-state index in [0.717, 1.165) is 5.56 Å². The highest BCUT2D eigenvalue weighted by atomic mass is 16.5. The van der Waals surface area contributed by atoms with Crippen LogP contribution in [-0.4, -0.2) is 69.8 Å². The fraction of sp³-hybridized carbons (Fsp3) is 0.290. The average molecular weight is 579 g/mol. The van der Waals surface area contributed by atoms with E-state index in [1.807, 2.05) is 19.1 Å². The standard InChI is InChI=1S/C31H35N3O8/c1-6-41-30(37)23-12-14-26(28(19-23)40-5)42-16-15-34(3,20-35)29(36)18-22-11-13-25(27(17-22)39-4)33(31(32)38)24-10-8-7-9-21(24)2/h7-14,17,19-20H,6,15-16,18H2,1-5H3,(H-,32,38)/p+1. The second kappa shape index (κ2) is 14.1. The second-order valence-electron chi connectivity index (χ2n) is 9.57. The SMILES string of the molecule is CCOC(=O)c1ccc(OCC[N+](C)(C=O)C(=O)Cc2ccc(N(C(N)=O)c3ccccc3C)c(OC)c2)c(OC)c1. The van der Waals surface area contributed by atoms with Gasteiger partial charge in [-0.3, -0.25) is 4.90 Å². The Morgan fingerprint density at radius 3 is 2.26 bits per heavy atom. The Bertz CT molecular complexity index is 1460. The molecule has 0 bridgehead atoms. The summed E-state index contributed by atoms with van der Waals surface area (Å²) in [6.07, 6.45) is 0.482. The van der Waals surface area contributed by atoms with Crippen LogP contribution in [0.1, 0.15) is 28.4 Å². The summed E-state index contributed by atoms with van der Waals surface area (Å²) in [7, 11) is 4.39. The number of para-hydroxylation sites is 1. The Hall–Kier alpha value is -4.90. The van der Waals surface area contributed by atoms with Crippen LogP contribution in [0.2, 0.25) is 0 Å². The summed E-state index contributed by atoms with van der Waals surface area (Å²) in [6, 6.07) is 16.2. The zero-order chi connectivity index (χ0) is 30.9. The van der Waals surface area contributed by atoms with E-state index in [-0.39, 0.29) is 32.1 Å². The molecule has 11 heteroatoms. The fourth-order valence-corrected chi connectivity index (χ4v) is 4.26. The molecular formula is C31H36N3O8+. The number of hydrogen-bond acceptors (Lipinski definition) is 8. The first-order valence-electron chi connectivity index (χ1n) is 13.2. The third-order valence-corrected chi connectivity index (χ3v) is 6.71. The van der Waals surface area contributed by atoms with Gasteiger partial charge in [-0.05, 0) is 61.4 Å². The third kappa shape index (κ3) is 7.24. The Morgan fingerprint density at radius 2 is 1.64 bits per heavy atom. The number of urea groups is 1. The lowest BCUT2D eigenvalue weighted by molar-refractivity contribution is -0.748. The molecule has 0 saturated carbocycles. The molecule has 0 fully saturated rings. The van der Waals surface area contributed by atoms with Crippen molar-refractivity contribution < 1.29 is 42.6 Å². The van der Waals surface area contributed by atoms with E-state index in [0.29, 0.717) is 46.2 Å². The normalized spacial score (nSPS) is 12.0. The molecule has 3 aromatic carbocycles. The quantitative estimate of drug-likeness (QED) is 0.182. The highest BCUT2D eigenvalue weighted by Gasteiger charge is 2.32. The van der Waals surface area contributed by atoms with Crippen LogP contribution in [0, 0.1) is 6.92 Å². The molecule has 42 heavy (non-hydrogen) atoms. The van der Waals surface area contributed by atoms with Gasteiger partial charge in [0.1, 0.15) is 18.9 Å². The summed E-state index contributed by atoms with van der Waals surface area (Å²) in [5, 5.41) is 0. The van der Waals surface area contributed by atoms with Crippen LogP contribution >= 0.6 is 0 Å². The predicted octanol–water partition coefficient (Wildman–Crippen LogP) is 4.16. The summed E-state index contributed by atoms with van der Waals surface area (Å²) >= 11 is 0. The Labute approximate surface area is 244 Å². The molecule has 0 saturated heterocycles. The van der Waals surface area contributed by atoms with Gasteiger partial charge in [-0.1, -0.05) is 24.3 Å². The van der Waals surface area contributed by atoms with Crippen LogP contribution in [0.25, 0.3) is 0 Å². The van der Waals surface area contributed by atoms with Crippen LogP contribution < -0.4 is 24.8 Å². The first-order chi connectivity index (χ1) is 20.1. The molecule has 1 unspecified atom stereocenters. The molecule has 0 radical (unpaired) electrons. The zero-order valence-corrected chi connectivity index (χ0v) is 24.4. The van der Waals surface area contributed by atoms with E-state index in [2.05, 4.69) is 0 Å². The van der Waals surface area contributed by atoms with Crippen molar-refractivity contribution in [1.82, 2.24) is 0 Å². The van der Waals surface area contributed by atoms with Gasteiger partial charge in [0.25, 0.3) is 0 Å². The molecule has 3 rings (SSSR count). The number of likely N-dealkylation sites (N-methyl/N-ethyl adjacent to an activating group) is 1. The maximum Gasteiger partial charge on any atom is 0.338 e. The minimum Gasteiger partial charge on any atom is -0.495 e. The number of aryl methyl sites for hydroxylation is 1. The van der Waals surface area contributed by atoms with Crippen LogP contribution in [0.15, 0.2) is 60.7 Å². The lowest BCUT2D eigenvalue weighted by Gasteiger charge is -2.26. The lowest BCUT2D eigenvalue weighted by Crippen LogP contribution is -2.51. The molecule has 3 aromatic rings. The summed E-state index contributed by atoms with van der Waals surface area (Å²) in [6.45, 7) is 3.88. The van der Waals surface area contributed by atoms with E-state index < -0.39 is 16.5 Å². The van der Waals surface area contributed by atoms with Gasteiger partial charge < -0.3 is 24.7 Å². The number of methoxy groups -OCH3 is 2. The largest absolute Gasteiger partial charge is 0.495 e. The Kier molecular flexibility index (Phi) is 10.6. The van der Waals surface area contributed by atoms with Gasteiger partial charge in [0, 0.05) is 0 Å². The molecule has 4 amide bonds. The minimum absolute atomic E-state index is 0.0162. The summed E-state index contributed by atoms with van der Waals surface area (Å²) in [4.78, 5) is 51.1. The van der Waals surface area contributed by atoms with Gasteiger partial charge in [0.05, 0.1) is 51.2 Å². The molecule has 222 valence electrons. The van der Waals surface area contributed by atoms with E-state index in [1.165, 1.54) is 32.2 Å². The number of carbonyl (C=O) groups excluding carboxylic acids is 4. The van der Waals surface area contributed by atoms with Crippen molar-refractivity contribution in [3.8, 4) is 17.2 Å². The first-order valence-corrected chi connectivity index (χ1v) is 13.2. The van der Waals surface area contributed by atoms with Crippen molar-refractivity contribution in [2.24, 2.45) is 5.73 Å². The molecule has 1 atom stereocenters. The third-order valence-electron chi connectivity index (χ3n) is 6.71. The zero-order valence-electron chi connectivity index (χ0n) is 24.4. The number of nitrogens with zero attached hydrogens (tertiary/aromatic N) is 2. The van der Waals surface area contributed by atoms with Gasteiger partial charge >= 0.3 is 24.3 Å². The molecular weight excluding hydrogens is 542 g/mol. The number of esters is 1. The number of benzene rings is 3. The number of quaternary nitrogens is 1. The summed E-state index contributed by atoms with van der Waals surface area (Å²) in [5.74, 6) is 0.141. The number of imide groups is 1. The van der Waals surface area contributed by atoms with Crippen molar-refractivity contribution in [3.63, 3.8) is 0 Å². The van der Waals surface area contributed by atoms with Gasteiger partial charge in [0.15, 0.2) is 11.5 Å². The van der Waals surface area contributed by atoms with E-state index in [9.17, 15) is 19.2 Å². The maximum atomic E-state index is 13.3. The average Bonchev–Trinajstić information content (AvgIpc) is 2.98. The lowest BCUT2D eigenvalue weighted by atomic mass is 10.1. The first kappa shape index (κ1) is 31.6. The van der Waals surface area contributed by atoms with Gasteiger partial charge in [0.2, 0.25) is 0 Å². The van der Waals surface area contributed by atoms with E-state index in [4.69, 9.17) is 24.7 Å². The topological polar surface area (TPSA) is 134 Å². The molecule has 0 aliphatic heterocycles. The molecule has 0 aromatic heterocycles. The minimum atomic E-state index is -0.691. The Balaban J connectivity index is 1.74. The molecule has 0 heterocycles. The molecule has 0 aliphatic carbocycles. The predicted molar refractivity (Wildman–Crippen MR) is 156 cm³/mol. The van der Waals surface area contributed by atoms with Crippen LogP contribution in [-0.2, 0) is 20.7 Å². The van der Waals surface area contributed by atoms with E-state index >= 15 is 0 Å². The molecule has 2 N–H and O–H groups in total. The highest BCUT2D eigenvalue weighted by molar-refractivity contribution is 6.00. The van der Waals surface area contributed by atoms with E-state index in [1.54, 1.807) is 49.4 Å². The van der Waals surface area contributed by atoms with Crippen LogP contribution in [0.3, 0.4) is 0 Å². The number of amides is 4. The number of nitrogens with two attached hydrogens (primary N) is 1. The van der Waals surface area contributed by atoms with Gasteiger partial charge in [-0.2, -0.15) is 0 Å². The molecule has 0 aliphatic rings. The van der Waals surface area contributed by atoms with Crippen molar-refractivity contribution in [3.05, 3.63) is 77.4 Å². The van der Waals surface area contributed by atoms with Gasteiger partial charge in [-0.15, -0.1) is 0 Å². The fourth-order valence-electron chi connectivity index (χ4n) is 4.26. The highest BCUT2D eigenvalue weighted by Crippen LogP contribution is 2.36. The number of anilines is 2. The number of carbonyl (C=O) groups is 4. The number of ether oxygens (including phenoxy) is 4. The maximum absolute atomic E-state index is 13.3. The van der Waals surface area contributed by atoms with Gasteiger partial charge in [-0.25, -0.2) is 23.7 Å². The van der Waals surface area contributed by atoms with Crippen LogP contribution in [0.4, 0.5) is 16.2 Å². The smallest absolute Gasteiger partial charge is 0.338 e. The van der Waals surface area contributed by atoms with Crippen molar-refractivity contribution in [2.45, 2.75) is 20.3 Å². The molecule has 0 spiro atoms. The summed E-state index contributed by atoms with van der Waals surface area (Å²) < 4.78 is 21.1. The second-order valence-corrected chi connectivity index (χ2v) is 9.57. The number of primary amides is 1. The Morgan fingerprint density at radius 1 is 0.929 bits per heavy atom. The molecule has 11 nitrogen and oxygen atoms in total. The van der Waals surface area contributed by atoms with Crippen molar-refractivity contribution in [2.75, 3.05) is 45.9 Å². The monoisotopic (exact) mass is 578 g/mol. The number of hydrogen-bond donors (Lipinski definition) is 1. The van der Waals surface area contributed by atoms with Crippen LogP contribution in [0.5, 0.6) is 17.2 Å².